The van der Waals surface area contributed by atoms with Gasteiger partial charge in [0.1, 0.15) is 0 Å². The van der Waals surface area contributed by atoms with Crippen LogP contribution in [0.15, 0.2) is 84.9 Å². The highest BCUT2D eigenvalue weighted by molar-refractivity contribution is 5.88. The highest BCUT2D eigenvalue weighted by Crippen LogP contribution is 2.37. The van der Waals surface area contributed by atoms with Crippen LogP contribution in [0.5, 0.6) is 0 Å². The Bertz CT molecular complexity index is 972. The molecule has 4 aromatic carbocycles. The number of benzene rings is 4. The molecule has 128 valence electrons. The van der Waals surface area contributed by atoms with Crippen LogP contribution in [0, 0.1) is 0 Å². The van der Waals surface area contributed by atoms with E-state index in [4.69, 9.17) is 0 Å². The molecule has 4 aromatic rings. The van der Waals surface area contributed by atoms with E-state index in [1.807, 2.05) is 0 Å². The summed E-state index contributed by atoms with van der Waals surface area (Å²) in [5.74, 6) is 0. The van der Waals surface area contributed by atoms with E-state index < -0.39 is 0 Å². The van der Waals surface area contributed by atoms with Crippen LogP contribution in [0.2, 0.25) is 0 Å². The Kier molecular flexibility index (Phi) is 3.93. The fraction of sp³-hybridized carbons (Fsp3) is 0.167. The molecule has 0 bridgehead atoms. The molecule has 1 saturated heterocycles. The van der Waals surface area contributed by atoms with Crippen LogP contribution in [-0.4, -0.2) is 13.1 Å². The van der Waals surface area contributed by atoms with Gasteiger partial charge in [0.25, 0.3) is 0 Å². The molecule has 1 fully saturated rings. The van der Waals surface area contributed by atoms with Crippen molar-refractivity contribution in [1.29, 1.82) is 0 Å². The molecular formula is C24H22N2. The van der Waals surface area contributed by atoms with Crippen LogP contribution in [0.4, 0.5) is 0 Å². The van der Waals surface area contributed by atoms with Crippen molar-refractivity contribution in [3.63, 3.8) is 0 Å². The Labute approximate surface area is 153 Å². The minimum Gasteiger partial charge on any atom is -0.307 e. The van der Waals surface area contributed by atoms with E-state index in [1.165, 1.54) is 32.7 Å². The van der Waals surface area contributed by atoms with Gasteiger partial charge < -0.3 is 10.6 Å². The summed E-state index contributed by atoms with van der Waals surface area (Å²) < 4.78 is 0. The van der Waals surface area contributed by atoms with Crippen molar-refractivity contribution in [3.8, 4) is 0 Å². The van der Waals surface area contributed by atoms with E-state index >= 15 is 0 Å². The Morgan fingerprint density at radius 1 is 0.500 bits per heavy atom. The molecule has 2 N–H and O–H groups in total. The summed E-state index contributed by atoms with van der Waals surface area (Å²) in [6, 6.07) is 31.1. The maximum atomic E-state index is 3.78. The smallest absolute Gasteiger partial charge is 0.0525 e. The molecular weight excluding hydrogens is 316 g/mol. The largest absolute Gasteiger partial charge is 0.307 e. The highest BCUT2D eigenvalue weighted by Gasteiger charge is 2.29. The van der Waals surface area contributed by atoms with E-state index in [-0.39, 0.29) is 12.1 Å². The predicted octanol–water partition coefficient (Wildman–Crippen LogP) is 4.97. The van der Waals surface area contributed by atoms with Crippen molar-refractivity contribution in [1.82, 2.24) is 10.6 Å². The number of rotatable bonds is 2. The lowest BCUT2D eigenvalue weighted by Crippen LogP contribution is -2.45. The minimum absolute atomic E-state index is 0.251. The van der Waals surface area contributed by atoms with Gasteiger partial charge in [0.15, 0.2) is 0 Å². The molecule has 5 rings (SSSR count). The van der Waals surface area contributed by atoms with Crippen molar-refractivity contribution in [2.75, 3.05) is 13.1 Å². The summed E-state index contributed by atoms with van der Waals surface area (Å²) in [6.45, 7) is 1.96. The van der Waals surface area contributed by atoms with Gasteiger partial charge in [-0.1, -0.05) is 84.9 Å². The van der Waals surface area contributed by atoms with Gasteiger partial charge in [-0.25, -0.2) is 0 Å². The van der Waals surface area contributed by atoms with E-state index in [0.717, 1.165) is 13.1 Å². The Hall–Kier alpha value is -2.68. The van der Waals surface area contributed by atoms with Crippen molar-refractivity contribution in [2.24, 2.45) is 0 Å². The number of piperazine rings is 1. The maximum Gasteiger partial charge on any atom is 0.0525 e. The third kappa shape index (κ3) is 2.59. The van der Waals surface area contributed by atoms with Crippen LogP contribution < -0.4 is 10.6 Å². The standard InChI is InChI=1S/C24H22N2/c1-3-11-19-17(7-1)9-5-13-21(19)23-24(26-16-15-25-23)22-14-6-10-18-8-2-4-12-20(18)22/h1-14,23-26H,15-16H2/t23-,24-/m1/s1. The number of hydrogen-bond donors (Lipinski definition) is 2. The Morgan fingerprint density at radius 3 is 1.42 bits per heavy atom. The molecule has 0 radical (unpaired) electrons. The first kappa shape index (κ1) is 15.6. The van der Waals surface area contributed by atoms with Gasteiger partial charge in [-0.2, -0.15) is 0 Å². The van der Waals surface area contributed by atoms with Crippen LogP contribution >= 0.6 is 0 Å². The van der Waals surface area contributed by atoms with E-state index in [1.54, 1.807) is 0 Å². The molecule has 1 aliphatic heterocycles. The van der Waals surface area contributed by atoms with Gasteiger partial charge in [0.2, 0.25) is 0 Å². The molecule has 2 heteroatoms. The summed E-state index contributed by atoms with van der Waals surface area (Å²) in [5.41, 5.74) is 2.74. The molecule has 2 nitrogen and oxygen atoms in total. The first-order valence-electron chi connectivity index (χ1n) is 9.34. The van der Waals surface area contributed by atoms with Gasteiger partial charge in [-0.3, -0.25) is 0 Å². The first-order valence-corrected chi connectivity index (χ1v) is 9.34. The van der Waals surface area contributed by atoms with Crippen molar-refractivity contribution < 1.29 is 0 Å². The van der Waals surface area contributed by atoms with Gasteiger partial charge in [0.05, 0.1) is 12.1 Å². The van der Waals surface area contributed by atoms with E-state index in [0.29, 0.717) is 0 Å². The van der Waals surface area contributed by atoms with Crippen LogP contribution in [0.25, 0.3) is 21.5 Å². The molecule has 26 heavy (non-hydrogen) atoms. The normalized spacial score (nSPS) is 20.5. The zero-order valence-corrected chi connectivity index (χ0v) is 14.7. The third-order valence-corrected chi connectivity index (χ3v) is 5.50. The third-order valence-electron chi connectivity index (χ3n) is 5.50. The zero-order valence-electron chi connectivity index (χ0n) is 14.7. The predicted molar refractivity (Wildman–Crippen MR) is 109 cm³/mol. The summed E-state index contributed by atoms with van der Waals surface area (Å²) >= 11 is 0. The van der Waals surface area contributed by atoms with Gasteiger partial charge in [-0.05, 0) is 32.7 Å². The fourth-order valence-electron chi connectivity index (χ4n) is 4.31. The van der Waals surface area contributed by atoms with Crippen molar-refractivity contribution in [3.05, 3.63) is 96.1 Å². The van der Waals surface area contributed by atoms with Crippen molar-refractivity contribution in [2.45, 2.75) is 12.1 Å². The molecule has 1 heterocycles. The molecule has 0 aromatic heterocycles. The average Bonchev–Trinajstić information content (AvgIpc) is 2.73. The highest BCUT2D eigenvalue weighted by atomic mass is 15.1. The molecule has 2 atom stereocenters. The van der Waals surface area contributed by atoms with Crippen LogP contribution in [0.1, 0.15) is 23.2 Å². The van der Waals surface area contributed by atoms with E-state index in [2.05, 4.69) is 95.6 Å². The quantitative estimate of drug-likeness (QED) is 0.539. The maximum absolute atomic E-state index is 3.78. The number of nitrogens with one attached hydrogen (secondary N) is 2. The molecule has 0 amide bonds. The van der Waals surface area contributed by atoms with Crippen molar-refractivity contribution >= 4 is 21.5 Å². The van der Waals surface area contributed by atoms with Crippen LogP contribution in [-0.2, 0) is 0 Å². The second kappa shape index (κ2) is 6.56. The molecule has 0 saturated carbocycles. The summed E-state index contributed by atoms with van der Waals surface area (Å²) in [4.78, 5) is 0. The summed E-state index contributed by atoms with van der Waals surface area (Å²) in [6.07, 6.45) is 0. The summed E-state index contributed by atoms with van der Waals surface area (Å²) in [7, 11) is 0. The fourth-order valence-corrected chi connectivity index (χ4v) is 4.31. The zero-order chi connectivity index (χ0) is 17.3. The topological polar surface area (TPSA) is 24.1 Å². The molecule has 1 aliphatic rings. The molecule has 0 spiro atoms. The monoisotopic (exact) mass is 338 g/mol. The molecule has 0 aliphatic carbocycles. The van der Waals surface area contributed by atoms with E-state index in [9.17, 15) is 0 Å². The number of hydrogen-bond acceptors (Lipinski definition) is 2. The Morgan fingerprint density at radius 2 is 0.923 bits per heavy atom. The minimum atomic E-state index is 0.251. The number of fused-ring (bicyclic) bond motifs is 2. The molecule has 0 unspecified atom stereocenters. The lowest BCUT2D eigenvalue weighted by molar-refractivity contribution is 0.336. The SMILES string of the molecule is c1ccc2c([C@H]3NCCN[C@@H]3c3cccc4ccccc34)cccc2c1. The second-order valence-corrected chi connectivity index (χ2v) is 7.00. The second-order valence-electron chi connectivity index (χ2n) is 7.00. The lowest BCUT2D eigenvalue weighted by atomic mass is 9.87. The Balaban J connectivity index is 1.68. The van der Waals surface area contributed by atoms with Gasteiger partial charge in [-0.15, -0.1) is 0 Å². The average molecular weight is 338 g/mol. The summed E-state index contributed by atoms with van der Waals surface area (Å²) in [5, 5.41) is 12.8. The lowest BCUT2D eigenvalue weighted by Gasteiger charge is -2.35. The van der Waals surface area contributed by atoms with Gasteiger partial charge >= 0.3 is 0 Å². The first-order chi connectivity index (χ1) is 12.9. The van der Waals surface area contributed by atoms with Gasteiger partial charge in [0, 0.05) is 13.1 Å². The van der Waals surface area contributed by atoms with Crippen LogP contribution in [0.3, 0.4) is 0 Å².